The fourth-order valence-electron chi connectivity index (χ4n) is 6.02. The lowest BCUT2D eigenvalue weighted by Crippen LogP contribution is -2.55. The number of benzene rings is 3. The summed E-state index contributed by atoms with van der Waals surface area (Å²) < 4.78 is 44.5. The van der Waals surface area contributed by atoms with Gasteiger partial charge in [-0.3, -0.25) is 9.69 Å². The highest BCUT2D eigenvalue weighted by molar-refractivity contribution is 6.30. The van der Waals surface area contributed by atoms with Crippen molar-refractivity contribution in [2.24, 2.45) is 0 Å². The normalized spacial score (nSPS) is 17.8. The highest BCUT2D eigenvalue weighted by Crippen LogP contribution is 2.52. The van der Waals surface area contributed by atoms with Gasteiger partial charge in [-0.25, -0.2) is 4.79 Å². The molecule has 6 nitrogen and oxygen atoms in total. The molecule has 1 aliphatic heterocycles. The molecule has 1 atom stereocenters. The van der Waals surface area contributed by atoms with Crippen LogP contribution in [0.5, 0.6) is 0 Å². The summed E-state index contributed by atoms with van der Waals surface area (Å²) in [6.07, 6.45) is -3.63. The predicted molar refractivity (Wildman–Crippen MR) is 155 cm³/mol. The number of ketones is 1. The fourth-order valence-corrected chi connectivity index (χ4v) is 6.15. The van der Waals surface area contributed by atoms with Crippen molar-refractivity contribution in [3.05, 3.63) is 94.5 Å². The lowest BCUT2D eigenvalue weighted by atomic mass is 9.86. The Bertz CT molecular complexity index is 1370. The minimum atomic E-state index is -4.55. The van der Waals surface area contributed by atoms with Crippen molar-refractivity contribution in [1.29, 1.82) is 0 Å². The number of hydrogen-bond acceptors (Lipinski definition) is 5. The van der Waals surface area contributed by atoms with E-state index >= 15 is 0 Å². The minimum Gasteiger partial charge on any atom is -0.433 e. The van der Waals surface area contributed by atoms with Crippen molar-refractivity contribution < 1.29 is 27.5 Å². The Morgan fingerprint density at radius 2 is 1.62 bits per heavy atom. The Kier molecular flexibility index (Phi) is 9.20. The fraction of sp³-hybridized carbons (Fsp3) is 0.375. The number of halogens is 4. The second-order valence-electron chi connectivity index (χ2n) is 10.8. The van der Waals surface area contributed by atoms with Crippen molar-refractivity contribution in [1.82, 2.24) is 15.5 Å². The Morgan fingerprint density at radius 1 is 0.976 bits per heavy atom. The van der Waals surface area contributed by atoms with Crippen molar-refractivity contribution in [3.8, 4) is 11.1 Å². The van der Waals surface area contributed by atoms with E-state index in [9.17, 15) is 22.8 Å². The van der Waals surface area contributed by atoms with Crippen LogP contribution < -0.4 is 10.6 Å². The van der Waals surface area contributed by atoms with Crippen molar-refractivity contribution in [3.63, 3.8) is 0 Å². The van der Waals surface area contributed by atoms with Gasteiger partial charge in [-0.2, -0.15) is 13.2 Å². The van der Waals surface area contributed by atoms with Crippen LogP contribution in [-0.4, -0.2) is 61.7 Å². The number of unbranched alkanes of at least 4 members (excludes halogenated alkanes) is 1. The number of alkyl halides is 3. The number of rotatable bonds is 10. The average molecular weight is 600 g/mol. The number of fused-ring (bicyclic) bond motifs is 3. The molecule has 5 rings (SSSR count). The summed E-state index contributed by atoms with van der Waals surface area (Å²) in [6.45, 7) is 1.26. The van der Waals surface area contributed by atoms with Crippen LogP contribution >= 0.6 is 11.6 Å². The predicted octanol–water partition coefficient (Wildman–Crippen LogP) is 6.11. The number of nitrogens with one attached hydrogen (secondary N) is 2. The maximum absolute atomic E-state index is 13.2. The molecule has 0 radical (unpaired) electrons. The number of ether oxygens (including phenoxy) is 1. The van der Waals surface area contributed by atoms with Gasteiger partial charge in [0.25, 0.3) is 0 Å². The molecule has 222 valence electrons. The molecule has 2 aliphatic rings. The zero-order valence-electron chi connectivity index (χ0n) is 23.1. The number of carbonyl (C=O) groups is 2. The average Bonchev–Trinajstić information content (AvgIpc) is 3.25. The third-order valence-corrected chi connectivity index (χ3v) is 8.21. The zero-order chi connectivity index (χ0) is 29.7. The summed E-state index contributed by atoms with van der Waals surface area (Å²) in [5, 5.41) is 5.82. The Morgan fingerprint density at radius 3 is 2.26 bits per heavy atom. The van der Waals surface area contributed by atoms with E-state index in [2.05, 4.69) is 10.2 Å². The molecule has 3 aromatic rings. The van der Waals surface area contributed by atoms with Crippen molar-refractivity contribution >= 4 is 23.5 Å². The number of piperazine rings is 1. The minimum absolute atomic E-state index is 0.129. The Hall–Kier alpha value is -3.40. The van der Waals surface area contributed by atoms with Crippen LogP contribution in [0.25, 0.3) is 11.1 Å². The van der Waals surface area contributed by atoms with Gasteiger partial charge in [-0.15, -0.1) is 0 Å². The lowest BCUT2D eigenvalue weighted by Gasteiger charge is -2.36. The van der Waals surface area contributed by atoms with Crippen molar-refractivity contribution in [2.45, 2.75) is 43.5 Å². The van der Waals surface area contributed by atoms with Gasteiger partial charge >= 0.3 is 12.3 Å². The molecule has 1 fully saturated rings. The molecular weight excluding hydrogens is 567 g/mol. The van der Waals surface area contributed by atoms with E-state index in [0.717, 1.165) is 40.9 Å². The molecule has 0 saturated carbocycles. The summed E-state index contributed by atoms with van der Waals surface area (Å²) in [6, 6.07) is 22.1. The molecule has 1 unspecified atom stereocenters. The Balaban J connectivity index is 1.29. The number of nitrogens with zero attached hydrogens (tertiary/aromatic N) is 1. The number of alkyl carbamates (subject to hydrolysis) is 1. The number of Topliss-reactive ketones (excluding diaryl/α,β-unsaturated/α-hetero) is 1. The summed E-state index contributed by atoms with van der Waals surface area (Å²) in [4.78, 5) is 28.2. The zero-order valence-corrected chi connectivity index (χ0v) is 23.8. The first-order valence-electron chi connectivity index (χ1n) is 14.1. The van der Waals surface area contributed by atoms with Crippen molar-refractivity contribution in [2.75, 3.05) is 32.7 Å². The van der Waals surface area contributed by atoms with Gasteiger partial charge in [0.2, 0.25) is 0 Å². The van der Waals surface area contributed by atoms with E-state index in [4.69, 9.17) is 16.3 Å². The molecule has 42 heavy (non-hydrogen) atoms. The van der Waals surface area contributed by atoms with E-state index in [1.807, 2.05) is 66.0 Å². The molecule has 1 amide bonds. The highest BCUT2D eigenvalue weighted by atomic mass is 35.5. The molecular formula is C32H33ClF3N3O3. The summed E-state index contributed by atoms with van der Waals surface area (Å²) >= 11 is 5.99. The SMILES string of the molecule is O=C(NCC(F)(F)F)OC1(CCCCN2CCNCC2C(=O)Cc2ccc(Cl)cc2)c2ccccc2-c2ccccc21. The number of hydrogen-bond donors (Lipinski definition) is 2. The van der Waals surface area contributed by atoms with Gasteiger partial charge in [-0.05, 0) is 54.6 Å². The summed E-state index contributed by atoms with van der Waals surface area (Å²) in [5.41, 5.74) is 2.99. The van der Waals surface area contributed by atoms with Crippen LogP contribution in [0.4, 0.5) is 18.0 Å². The largest absolute Gasteiger partial charge is 0.433 e. The topological polar surface area (TPSA) is 70.7 Å². The quantitative estimate of drug-likeness (QED) is 0.275. The molecule has 3 aromatic carbocycles. The number of amides is 1. The standard InChI is InChI=1S/C32H33ClF3N3O3/c33-23-13-11-22(12-14-23)19-29(40)28-20-37-16-18-39(28)17-6-5-15-31(42-30(41)38-21-32(34,35)36)26-9-3-1-7-24(26)25-8-2-4-10-27(25)31/h1-4,7-14,28,37H,5-6,15-21H2,(H,38,41). The van der Waals surface area contributed by atoms with E-state index in [1.165, 1.54) is 0 Å². The van der Waals surface area contributed by atoms with Crippen LogP contribution in [0, 0.1) is 0 Å². The molecule has 0 spiro atoms. The van der Waals surface area contributed by atoms with Crippen LogP contribution in [0.3, 0.4) is 0 Å². The van der Waals surface area contributed by atoms with Gasteiger partial charge in [0.05, 0.1) is 6.04 Å². The molecule has 0 aromatic heterocycles. The monoisotopic (exact) mass is 599 g/mol. The van der Waals surface area contributed by atoms with Gasteiger partial charge in [0.15, 0.2) is 11.4 Å². The molecule has 1 heterocycles. The molecule has 1 aliphatic carbocycles. The first kappa shape index (κ1) is 30.1. The van der Waals surface area contributed by atoms with Gasteiger partial charge < -0.3 is 15.4 Å². The van der Waals surface area contributed by atoms with Gasteiger partial charge in [0, 0.05) is 42.2 Å². The van der Waals surface area contributed by atoms with Crippen LogP contribution in [0.15, 0.2) is 72.8 Å². The second-order valence-corrected chi connectivity index (χ2v) is 11.2. The van der Waals surface area contributed by atoms with Crippen LogP contribution in [0.2, 0.25) is 5.02 Å². The maximum atomic E-state index is 13.2. The molecule has 0 bridgehead atoms. The molecule has 10 heteroatoms. The third-order valence-electron chi connectivity index (χ3n) is 7.96. The highest BCUT2D eigenvalue weighted by Gasteiger charge is 2.46. The smallest absolute Gasteiger partial charge is 0.408 e. The van der Waals surface area contributed by atoms with Gasteiger partial charge in [0.1, 0.15) is 6.54 Å². The van der Waals surface area contributed by atoms with Crippen LogP contribution in [0.1, 0.15) is 36.0 Å². The van der Waals surface area contributed by atoms with Crippen LogP contribution in [-0.2, 0) is 21.6 Å². The molecule has 1 saturated heterocycles. The number of carbonyl (C=O) groups excluding carboxylic acids is 2. The maximum Gasteiger partial charge on any atom is 0.408 e. The summed E-state index contributed by atoms with van der Waals surface area (Å²) in [5.74, 6) is 0.129. The summed E-state index contributed by atoms with van der Waals surface area (Å²) in [7, 11) is 0. The first-order chi connectivity index (χ1) is 20.2. The lowest BCUT2D eigenvalue weighted by molar-refractivity contribution is -0.125. The first-order valence-corrected chi connectivity index (χ1v) is 14.5. The van der Waals surface area contributed by atoms with E-state index in [0.29, 0.717) is 43.8 Å². The van der Waals surface area contributed by atoms with E-state index in [-0.39, 0.29) is 11.8 Å². The molecule has 2 N–H and O–H groups in total. The Labute approximate surface area is 248 Å². The van der Waals surface area contributed by atoms with E-state index < -0.39 is 24.4 Å². The van der Waals surface area contributed by atoms with E-state index in [1.54, 1.807) is 12.1 Å². The van der Waals surface area contributed by atoms with Gasteiger partial charge in [-0.1, -0.05) is 72.3 Å². The second kappa shape index (κ2) is 12.9. The third kappa shape index (κ3) is 6.80.